The highest BCUT2D eigenvalue weighted by Crippen LogP contribution is 2.24. The highest BCUT2D eigenvalue weighted by atomic mass is 16.5. The van der Waals surface area contributed by atoms with Gasteiger partial charge in [0, 0.05) is 32.0 Å². The van der Waals surface area contributed by atoms with Gasteiger partial charge in [0.05, 0.1) is 12.7 Å². The molecule has 1 aliphatic heterocycles. The minimum Gasteiger partial charge on any atom is -0.496 e. The van der Waals surface area contributed by atoms with Crippen molar-refractivity contribution in [3.8, 4) is 5.75 Å². The van der Waals surface area contributed by atoms with Crippen LogP contribution in [0.25, 0.3) is 0 Å². The summed E-state index contributed by atoms with van der Waals surface area (Å²) in [7, 11) is 3.13. The molecule has 3 N–H and O–H groups in total. The van der Waals surface area contributed by atoms with E-state index < -0.39 is 5.91 Å². The number of ether oxygens (including phenoxy) is 2. The van der Waals surface area contributed by atoms with E-state index in [4.69, 9.17) is 15.2 Å². The number of amides is 3. The molecule has 1 aliphatic rings. The molecular formula is C17H25N3O4. The predicted molar refractivity (Wildman–Crippen MR) is 91.4 cm³/mol. The van der Waals surface area contributed by atoms with E-state index in [1.54, 1.807) is 19.2 Å². The van der Waals surface area contributed by atoms with E-state index in [1.807, 2.05) is 4.90 Å². The molecule has 1 aromatic rings. The minimum atomic E-state index is -0.598. The summed E-state index contributed by atoms with van der Waals surface area (Å²) in [6.45, 7) is 1.35. The molecule has 132 valence electrons. The van der Waals surface area contributed by atoms with Gasteiger partial charge in [-0.15, -0.1) is 0 Å². The van der Waals surface area contributed by atoms with Crippen molar-refractivity contribution in [3.05, 3.63) is 23.8 Å². The molecular weight excluding hydrogens is 310 g/mol. The number of urea groups is 1. The number of methoxy groups -OCH3 is 2. The Morgan fingerprint density at radius 1 is 1.33 bits per heavy atom. The molecule has 0 unspecified atom stereocenters. The number of hydrogen-bond donors (Lipinski definition) is 2. The lowest BCUT2D eigenvalue weighted by atomic mass is 10.00. The standard InChI is InChI=1S/C17H25N3O4/c1-23-10-8-13-5-3-4-9-20(13)17(22)19-12-6-7-15(24-2)14(11-12)16(18)21/h6-7,11,13H,3-5,8-10H2,1-2H3,(H2,18,21)(H,19,22)/t13-/m0/s1. The lowest BCUT2D eigenvalue weighted by Gasteiger charge is -2.35. The Labute approximate surface area is 142 Å². The maximum atomic E-state index is 12.6. The predicted octanol–water partition coefficient (Wildman–Crippen LogP) is 2.22. The van der Waals surface area contributed by atoms with Gasteiger partial charge < -0.3 is 25.4 Å². The van der Waals surface area contributed by atoms with Crippen molar-refractivity contribution in [2.24, 2.45) is 5.73 Å². The van der Waals surface area contributed by atoms with E-state index in [1.165, 1.54) is 13.2 Å². The van der Waals surface area contributed by atoms with Gasteiger partial charge >= 0.3 is 6.03 Å². The monoisotopic (exact) mass is 335 g/mol. The number of hydrogen-bond acceptors (Lipinski definition) is 4. The Morgan fingerprint density at radius 2 is 2.12 bits per heavy atom. The van der Waals surface area contributed by atoms with Gasteiger partial charge in [-0.05, 0) is 43.9 Å². The second-order valence-corrected chi connectivity index (χ2v) is 5.83. The lowest BCUT2D eigenvalue weighted by Crippen LogP contribution is -2.46. The fraction of sp³-hybridized carbons (Fsp3) is 0.529. The van der Waals surface area contributed by atoms with Crippen LogP contribution < -0.4 is 15.8 Å². The molecule has 0 saturated carbocycles. The smallest absolute Gasteiger partial charge is 0.322 e. The Hall–Kier alpha value is -2.28. The van der Waals surface area contributed by atoms with Gasteiger partial charge in [0.25, 0.3) is 5.91 Å². The van der Waals surface area contributed by atoms with E-state index >= 15 is 0 Å². The zero-order valence-electron chi connectivity index (χ0n) is 14.2. The highest BCUT2D eigenvalue weighted by molar-refractivity contribution is 5.98. The van der Waals surface area contributed by atoms with Crippen LogP contribution in [-0.2, 0) is 4.74 Å². The van der Waals surface area contributed by atoms with Gasteiger partial charge in [0.2, 0.25) is 0 Å². The number of carbonyl (C=O) groups excluding carboxylic acids is 2. The largest absolute Gasteiger partial charge is 0.496 e. The summed E-state index contributed by atoms with van der Waals surface area (Å²) in [4.78, 5) is 25.9. The SMILES string of the molecule is COCC[C@@H]1CCCCN1C(=O)Nc1ccc(OC)c(C(N)=O)c1. The fourth-order valence-corrected chi connectivity index (χ4v) is 3.00. The first-order valence-corrected chi connectivity index (χ1v) is 8.11. The average Bonchev–Trinajstić information content (AvgIpc) is 2.60. The zero-order valence-corrected chi connectivity index (χ0v) is 14.2. The molecule has 1 fully saturated rings. The van der Waals surface area contributed by atoms with Crippen LogP contribution in [0.15, 0.2) is 18.2 Å². The Bertz CT molecular complexity index is 591. The number of rotatable bonds is 6. The van der Waals surface area contributed by atoms with E-state index in [0.29, 0.717) is 18.0 Å². The number of nitrogens with one attached hydrogen (secondary N) is 1. The molecule has 0 aliphatic carbocycles. The van der Waals surface area contributed by atoms with Gasteiger partial charge in [-0.25, -0.2) is 4.79 Å². The molecule has 0 bridgehead atoms. The maximum Gasteiger partial charge on any atom is 0.322 e. The topological polar surface area (TPSA) is 93.9 Å². The molecule has 1 aromatic carbocycles. The number of likely N-dealkylation sites (tertiary alicyclic amines) is 1. The molecule has 7 heteroatoms. The third kappa shape index (κ3) is 4.38. The van der Waals surface area contributed by atoms with E-state index in [2.05, 4.69) is 5.32 Å². The van der Waals surface area contributed by atoms with Crippen LogP contribution in [0.4, 0.5) is 10.5 Å². The van der Waals surface area contributed by atoms with Crippen LogP contribution >= 0.6 is 0 Å². The number of primary amides is 1. The maximum absolute atomic E-state index is 12.6. The van der Waals surface area contributed by atoms with Crippen LogP contribution in [0.3, 0.4) is 0 Å². The first-order chi connectivity index (χ1) is 11.6. The number of piperidine rings is 1. The van der Waals surface area contributed by atoms with Crippen LogP contribution in [0, 0.1) is 0 Å². The second-order valence-electron chi connectivity index (χ2n) is 5.83. The summed E-state index contributed by atoms with van der Waals surface area (Å²) >= 11 is 0. The third-order valence-corrected chi connectivity index (χ3v) is 4.26. The third-order valence-electron chi connectivity index (χ3n) is 4.26. The molecule has 0 radical (unpaired) electrons. The number of carbonyl (C=O) groups is 2. The van der Waals surface area contributed by atoms with Gasteiger partial charge in [-0.2, -0.15) is 0 Å². The van der Waals surface area contributed by atoms with Gasteiger partial charge in [-0.1, -0.05) is 0 Å². The molecule has 1 atom stereocenters. The second kappa shape index (κ2) is 8.54. The van der Waals surface area contributed by atoms with Crippen molar-refractivity contribution >= 4 is 17.6 Å². The average molecular weight is 335 g/mol. The number of nitrogens with zero attached hydrogens (tertiary/aromatic N) is 1. The van der Waals surface area contributed by atoms with Crippen molar-refractivity contribution in [3.63, 3.8) is 0 Å². The molecule has 7 nitrogen and oxygen atoms in total. The van der Waals surface area contributed by atoms with Gasteiger partial charge in [0.1, 0.15) is 5.75 Å². The zero-order chi connectivity index (χ0) is 17.5. The molecule has 1 heterocycles. The van der Waals surface area contributed by atoms with Crippen molar-refractivity contribution in [1.82, 2.24) is 4.90 Å². The number of nitrogens with two attached hydrogens (primary N) is 1. The van der Waals surface area contributed by atoms with Crippen molar-refractivity contribution in [1.29, 1.82) is 0 Å². The first kappa shape index (κ1) is 18.1. The molecule has 0 aromatic heterocycles. The summed E-state index contributed by atoms with van der Waals surface area (Å²) in [5, 5.41) is 2.85. The molecule has 2 rings (SSSR count). The Morgan fingerprint density at radius 3 is 2.79 bits per heavy atom. The van der Waals surface area contributed by atoms with Crippen molar-refractivity contribution in [2.45, 2.75) is 31.7 Å². The Balaban J connectivity index is 2.10. The van der Waals surface area contributed by atoms with Crippen molar-refractivity contribution in [2.75, 3.05) is 32.7 Å². The lowest BCUT2D eigenvalue weighted by molar-refractivity contribution is 0.0997. The summed E-state index contributed by atoms with van der Waals surface area (Å²) in [6, 6.07) is 4.85. The first-order valence-electron chi connectivity index (χ1n) is 8.11. The quantitative estimate of drug-likeness (QED) is 0.833. The summed E-state index contributed by atoms with van der Waals surface area (Å²) < 4.78 is 10.2. The molecule has 24 heavy (non-hydrogen) atoms. The fourth-order valence-electron chi connectivity index (χ4n) is 3.00. The molecule has 3 amide bonds. The van der Waals surface area contributed by atoms with E-state index in [-0.39, 0.29) is 17.6 Å². The van der Waals surface area contributed by atoms with E-state index in [9.17, 15) is 9.59 Å². The van der Waals surface area contributed by atoms with Crippen LogP contribution in [0.2, 0.25) is 0 Å². The summed E-state index contributed by atoms with van der Waals surface area (Å²) in [5.74, 6) is -0.213. The van der Waals surface area contributed by atoms with Gasteiger partial charge in [0.15, 0.2) is 0 Å². The van der Waals surface area contributed by atoms with Gasteiger partial charge in [-0.3, -0.25) is 4.79 Å². The minimum absolute atomic E-state index is 0.170. The number of benzene rings is 1. The number of anilines is 1. The molecule has 1 saturated heterocycles. The van der Waals surface area contributed by atoms with Crippen LogP contribution in [-0.4, -0.2) is 50.3 Å². The molecule has 0 spiro atoms. The Kier molecular flexibility index (Phi) is 6.43. The van der Waals surface area contributed by atoms with Crippen LogP contribution in [0.1, 0.15) is 36.0 Å². The van der Waals surface area contributed by atoms with Crippen LogP contribution in [0.5, 0.6) is 5.75 Å². The van der Waals surface area contributed by atoms with E-state index in [0.717, 1.165) is 32.2 Å². The van der Waals surface area contributed by atoms with Crippen molar-refractivity contribution < 1.29 is 19.1 Å². The highest BCUT2D eigenvalue weighted by Gasteiger charge is 2.26. The normalized spacial score (nSPS) is 17.4. The summed E-state index contributed by atoms with van der Waals surface area (Å²) in [5.41, 5.74) is 6.11. The summed E-state index contributed by atoms with van der Waals surface area (Å²) in [6.07, 6.45) is 3.91.